The normalized spacial score (nSPS) is 21.7. The molecular weight excluding hydrogens is 308 g/mol. The Labute approximate surface area is 140 Å². The summed E-state index contributed by atoms with van der Waals surface area (Å²) in [6.45, 7) is 13.5. The molecule has 0 aliphatic carbocycles. The predicted octanol–water partition coefficient (Wildman–Crippen LogP) is 2.39. The van der Waals surface area contributed by atoms with E-state index in [9.17, 15) is 8.42 Å². The van der Waals surface area contributed by atoms with Crippen LogP contribution in [0, 0.1) is 5.41 Å². The van der Waals surface area contributed by atoms with E-state index in [0.29, 0.717) is 16.4 Å². The Balaban J connectivity index is 1.59. The van der Waals surface area contributed by atoms with Crippen LogP contribution >= 0.6 is 0 Å². The van der Waals surface area contributed by atoms with Crippen molar-refractivity contribution in [2.75, 3.05) is 26.2 Å². The van der Waals surface area contributed by atoms with Crippen molar-refractivity contribution in [3.63, 3.8) is 0 Å². The molecule has 1 aromatic rings. The lowest BCUT2D eigenvalue weighted by molar-refractivity contribution is -0.128. The minimum absolute atomic E-state index is 0.373. The molecular formula is C18H28N2O2S. The van der Waals surface area contributed by atoms with Gasteiger partial charge in [0.15, 0.2) is 9.84 Å². The molecule has 5 heteroatoms. The highest BCUT2D eigenvalue weighted by Crippen LogP contribution is 2.41. The summed E-state index contributed by atoms with van der Waals surface area (Å²) in [5.41, 5.74) is 1.60. The first-order valence-corrected chi connectivity index (χ1v) is 10.1. The molecule has 0 N–H and O–H groups in total. The smallest absolute Gasteiger partial charge is 0.180 e. The van der Waals surface area contributed by atoms with Gasteiger partial charge in [0.2, 0.25) is 0 Å². The van der Waals surface area contributed by atoms with Crippen LogP contribution in [0.3, 0.4) is 0 Å². The number of hydrogen-bond donors (Lipinski definition) is 0. The van der Waals surface area contributed by atoms with Crippen molar-refractivity contribution in [3.8, 4) is 0 Å². The zero-order chi connectivity index (χ0) is 16.8. The van der Waals surface area contributed by atoms with Crippen LogP contribution in [0.25, 0.3) is 0 Å². The van der Waals surface area contributed by atoms with Gasteiger partial charge in [-0.15, -0.1) is 0 Å². The minimum Gasteiger partial charge on any atom is -0.300 e. The molecule has 0 saturated carbocycles. The first-order valence-electron chi connectivity index (χ1n) is 8.51. The van der Waals surface area contributed by atoms with E-state index < -0.39 is 9.84 Å². The molecule has 2 aliphatic rings. The first-order chi connectivity index (χ1) is 10.7. The largest absolute Gasteiger partial charge is 0.300 e. The van der Waals surface area contributed by atoms with Crippen LogP contribution in [-0.4, -0.2) is 55.7 Å². The molecule has 2 heterocycles. The zero-order valence-electron chi connectivity index (χ0n) is 14.6. The lowest BCUT2D eigenvalue weighted by Gasteiger charge is -2.61. The predicted molar refractivity (Wildman–Crippen MR) is 93.2 cm³/mol. The summed E-state index contributed by atoms with van der Waals surface area (Å²) in [6.07, 6.45) is 0. The summed E-state index contributed by atoms with van der Waals surface area (Å²) in [7, 11) is -3.18. The van der Waals surface area contributed by atoms with Gasteiger partial charge in [-0.05, 0) is 45.4 Å². The summed E-state index contributed by atoms with van der Waals surface area (Å²) in [5.74, 6) is 0. The average Bonchev–Trinajstić information content (AvgIpc) is 2.39. The highest BCUT2D eigenvalue weighted by molar-refractivity contribution is 7.92. The highest BCUT2D eigenvalue weighted by Gasteiger charge is 2.51. The Morgan fingerprint density at radius 2 is 1.74 bits per heavy atom. The molecule has 0 amide bonds. The Kier molecular flexibility index (Phi) is 4.32. The van der Waals surface area contributed by atoms with E-state index in [4.69, 9.17) is 0 Å². The van der Waals surface area contributed by atoms with Crippen LogP contribution in [0.2, 0.25) is 0 Å². The molecule has 0 unspecified atom stereocenters. The van der Waals surface area contributed by atoms with Crippen molar-refractivity contribution in [2.45, 2.75) is 50.4 Å². The van der Waals surface area contributed by atoms with E-state index in [1.54, 1.807) is 19.9 Å². The Bertz CT molecular complexity index is 668. The topological polar surface area (TPSA) is 40.6 Å². The molecule has 4 nitrogen and oxygen atoms in total. The van der Waals surface area contributed by atoms with Crippen molar-refractivity contribution in [1.82, 2.24) is 9.80 Å². The molecule has 0 aromatic heterocycles. The second-order valence-corrected chi connectivity index (χ2v) is 10.4. The molecule has 2 saturated heterocycles. The minimum atomic E-state index is -3.18. The van der Waals surface area contributed by atoms with Crippen LogP contribution < -0.4 is 0 Å². The molecule has 0 radical (unpaired) electrons. The second kappa shape index (κ2) is 5.87. The molecule has 128 valence electrons. The van der Waals surface area contributed by atoms with E-state index >= 15 is 0 Å². The SMILES string of the molecule is CC(C)N1CC2(CN(Cc3cccc(S(=O)(=O)C(C)C)c3)C2)C1. The Hall–Kier alpha value is -0.910. The molecule has 3 rings (SSSR count). The fraction of sp³-hybridized carbons (Fsp3) is 0.667. The number of rotatable bonds is 5. The second-order valence-electron chi connectivity index (χ2n) is 7.89. The monoisotopic (exact) mass is 336 g/mol. The number of nitrogens with zero attached hydrogens (tertiary/aromatic N) is 2. The van der Waals surface area contributed by atoms with Gasteiger partial charge in [0.1, 0.15) is 0 Å². The van der Waals surface area contributed by atoms with Gasteiger partial charge in [-0.2, -0.15) is 0 Å². The third-order valence-corrected chi connectivity index (χ3v) is 7.33. The van der Waals surface area contributed by atoms with Crippen LogP contribution in [0.15, 0.2) is 29.2 Å². The fourth-order valence-corrected chi connectivity index (χ4v) is 4.87. The average molecular weight is 337 g/mol. The first kappa shape index (κ1) is 16.9. The number of likely N-dealkylation sites (tertiary alicyclic amines) is 2. The summed E-state index contributed by atoms with van der Waals surface area (Å²) < 4.78 is 24.6. The maximum absolute atomic E-state index is 12.3. The van der Waals surface area contributed by atoms with Crippen molar-refractivity contribution in [3.05, 3.63) is 29.8 Å². The number of hydrogen-bond acceptors (Lipinski definition) is 4. The van der Waals surface area contributed by atoms with E-state index in [1.165, 1.54) is 13.1 Å². The van der Waals surface area contributed by atoms with Crippen LogP contribution in [-0.2, 0) is 16.4 Å². The third-order valence-electron chi connectivity index (χ3n) is 5.18. The molecule has 0 bridgehead atoms. The van der Waals surface area contributed by atoms with Crippen LogP contribution in [0.1, 0.15) is 33.3 Å². The van der Waals surface area contributed by atoms with Crippen LogP contribution in [0.5, 0.6) is 0 Å². The van der Waals surface area contributed by atoms with Gasteiger partial charge < -0.3 is 0 Å². The maximum Gasteiger partial charge on any atom is 0.180 e. The van der Waals surface area contributed by atoms with Gasteiger partial charge in [0.25, 0.3) is 0 Å². The van der Waals surface area contributed by atoms with Crippen molar-refractivity contribution in [1.29, 1.82) is 0 Å². The lowest BCUT2D eigenvalue weighted by atomic mass is 9.72. The number of sulfone groups is 1. The van der Waals surface area contributed by atoms with E-state index in [1.807, 2.05) is 18.2 Å². The standard InChI is InChI=1S/C18H28N2O2S/c1-14(2)20-12-18(13-20)10-19(11-18)9-16-6-5-7-17(8-16)23(21,22)15(3)4/h5-8,14-15H,9-13H2,1-4H3. The van der Waals surface area contributed by atoms with Crippen molar-refractivity contribution < 1.29 is 8.42 Å². The number of benzene rings is 1. The van der Waals surface area contributed by atoms with Gasteiger partial charge in [-0.25, -0.2) is 8.42 Å². The lowest BCUT2D eigenvalue weighted by Crippen LogP contribution is -2.72. The summed E-state index contributed by atoms with van der Waals surface area (Å²) >= 11 is 0. The summed E-state index contributed by atoms with van der Waals surface area (Å²) in [4.78, 5) is 5.40. The Morgan fingerprint density at radius 3 is 2.30 bits per heavy atom. The van der Waals surface area contributed by atoms with Gasteiger partial charge in [0, 0.05) is 44.2 Å². The van der Waals surface area contributed by atoms with Gasteiger partial charge in [-0.3, -0.25) is 9.80 Å². The van der Waals surface area contributed by atoms with Gasteiger partial charge in [0.05, 0.1) is 10.1 Å². The van der Waals surface area contributed by atoms with Crippen LogP contribution in [0.4, 0.5) is 0 Å². The van der Waals surface area contributed by atoms with Gasteiger partial charge >= 0.3 is 0 Å². The zero-order valence-corrected chi connectivity index (χ0v) is 15.4. The quantitative estimate of drug-likeness (QED) is 0.828. The summed E-state index contributed by atoms with van der Waals surface area (Å²) in [5, 5.41) is -0.373. The summed E-state index contributed by atoms with van der Waals surface area (Å²) in [6, 6.07) is 8.10. The molecule has 23 heavy (non-hydrogen) atoms. The van der Waals surface area contributed by atoms with E-state index in [-0.39, 0.29) is 5.25 Å². The molecule has 2 aliphatic heterocycles. The van der Waals surface area contributed by atoms with E-state index in [0.717, 1.165) is 25.2 Å². The van der Waals surface area contributed by atoms with Crippen molar-refractivity contribution >= 4 is 9.84 Å². The Morgan fingerprint density at radius 1 is 1.09 bits per heavy atom. The molecule has 1 spiro atoms. The third kappa shape index (κ3) is 3.19. The fourth-order valence-electron chi connectivity index (χ4n) is 3.75. The van der Waals surface area contributed by atoms with Gasteiger partial charge in [-0.1, -0.05) is 12.1 Å². The van der Waals surface area contributed by atoms with Crippen molar-refractivity contribution in [2.24, 2.45) is 5.41 Å². The molecule has 0 atom stereocenters. The molecule has 1 aromatic carbocycles. The molecule has 2 fully saturated rings. The maximum atomic E-state index is 12.3. The highest BCUT2D eigenvalue weighted by atomic mass is 32.2. The van der Waals surface area contributed by atoms with E-state index in [2.05, 4.69) is 23.6 Å².